The Morgan fingerprint density at radius 2 is 2.14 bits per heavy atom. The van der Waals surface area contributed by atoms with E-state index >= 15 is 0 Å². The molecule has 0 saturated heterocycles. The van der Waals surface area contributed by atoms with Crippen LogP contribution in [0.2, 0.25) is 0 Å². The molecule has 0 spiro atoms. The molecular weight excluding hydrogens is 273 g/mol. The van der Waals surface area contributed by atoms with Gasteiger partial charge in [-0.25, -0.2) is 14.2 Å². The summed E-state index contributed by atoms with van der Waals surface area (Å²) in [5, 5.41) is 0. The van der Waals surface area contributed by atoms with Crippen LogP contribution >= 0.6 is 0 Å². The van der Waals surface area contributed by atoms with Crippen LogP contribution in [-0.2, 0) is 4.74 Å². The number of rotatable bonds is 4. The third kappa shape index (κ3) is 2.74. The number of nitrogen functional groups attached to an aromatic ring is 1. The average molecular weight is 291 g/mol. The molecule has 0 aliphatic carbocycles. The van der Waals surface area contributed by atoms with Crippen LogP contribution in [0.5, 0.6) is 0 Å². The van der Waals surface area contributed by atoms with E-state index < -0.39 is 5.97 Å². The minimum absolute atomic E-state index is 0.0672. The molecule has 6 heteroatoms. The van der Waals surface area contributed by atoms with Crippen molar-refractivity contribution in [2.75, 3.05) is 12.3 Å². The number of carbonyl (C=O) groups excluding carboxylic acids is 1. The molecule has 21 heavy (non-hydrogen) atoms. The maximum absolute atomic E-state index is 13.9. The van der Waals surface area contributed by atoms with E-state index in [1.165, 1.54) is 6.07 Å². The van der Waals surface area contributed by atoms with Gasteiger partial charge in [-0.1, -0.05) is 18.2 Å². The standard InChI is InChI=1S/C15H18FN3O2/c1-4-21-15(20)13-14(17)19(10(3)18-13)9(2)11-7-5-6-8-12(11)16/h5-9H,4,17H2,1-3H3. The van der Waals surface area contributed by atoms with E-state index in [1.54, 1.807) is 43.5 Å². The Kier molecular flexibility index (Phi) is 4.26. The molecule has 1 unspecified atom stereocenters. The van der Waals surface area contributed by atoms with E-state index in [-0.39, 0.29) is 30.0 Å². The molecule has 0 radical (unpaired) electrons. The van der Waals surface area contributed by atoms with Gasteiger partial charge in [0.25, 0.3) is 0 Å². The smallest absolute Gasteiger partial charge is 0.360 e. The number of imidazole rings is 1. The van der Waals surface area contributed by atoms with Crippen LogP contribution < -0.4 is 5.73 Å². The second-order valence-electron chi connectivity index (χ2n) is 4.68. The van der Waals surface area contributed by atoms with Crippen molar-refractivity contribution < 1.29 is 13.9 Å². The van der Waals surface area contributed by atoms with Gasteiger partial charge >= 0.3 is 5.97 Å². The third-order valence-electron chi connectivity index (χ3n) is 3.34. The molecule has 0 aliphatic rings. The van der Waals surface area contributed by atoms with E-state index in [4.69, 9.17) is 10.5 Å². The van der Waals surface area contributed by atoms with E-state index in [1.807, 2.05) is 0 Å². The molecule has 2 rings (SSSR count). The number of esters is 1. The fourth-order valence-corrected chi connectivity index (χ4v) is 2.35. The highest BCUT2D eigenvalue weighted by Crippen LogP contribution is 2.27. The number of ether oxygens (including phenoxy) is 1. The Balaban J connectivity index is 2.45. The summed E-state index contributed by atoms with van der Waals surface area (Å²) in [5.41, 5.74) is 6.55. The van der Waals surface area contributed by atoms with Gasteiger partial charge in [0.15, 0.2) is 5.69 Å². The molecule has 0 fully saturated rings. The Hall–Kier alpha value is -2.37. The van der Waals surface area contributed by atoms with E-state index in [9.17, 15) is 9.18 Å². The maximum atomic E-state index is 13.9. The van der Waals surface area contributed by atoms with Gasteiger partial charge in [-0.3, -0.25) is 0 Å². The van der Waals surface area contributed by atoms with Gasteiger partial charge in [0.1, 0.15) is 17.5 Å². The molecule has 1 aromatic carbocycles. The minimum atomic E-state index is -0.572. The Bertz CT molecular complexity index is 667. The monoisotopic (exact) mass is 291 g/mol. The molecule has 2 N–H and O–H groups in total. The highest BCUT2D eigenvalue weighted by molar-refractivity contribution is 5.92. The summed E-state index contributed by atoms with van der Waals surface area (Å²) in [4.78, 5) is 16.0. The van der Waals surface area contributed by atoms with E-state index in [0.717, 1.165) is 0 Å². The topological polar surface area (TPSA) is 70.1 Å². The van der Waals surface area contributed by atoms with Gasteiger partial charge in [0.05, 0.1) is 12.6 Å². The number of aromatic nitrogens is 2. The summed E-state index contributed by atoms with van der Waals surface area (Å²) in [5.74, 6) is -0.180. The van der Waals surface area contributed by atoms with Crippen molar-refractivity contribution in [1.82, 2.24) is 9.55 Å². The van der Waals surface area contributed by atoms with Gasteiger partial charge < -0.3 is 15.0 Å². The van der Waals surface area contributed by atoms with Crippen LogP contribution in [0.1, 0.15) is 41.8 Å². The summed E-state index contributed by atoms with van der Waals surface area (Å²) in [6.45, 7) is 5.47. The van der Waals surface area contributed by atoms with E-state index in [2.05, 4.69) is 4.98 Å². The number of aryl methyl sites for hydroxylation is 1. The van der Waals surface area contributed by atoms with Crippen molar-refractivity contribution in [2.45, 2.75) is 26.8 Å². The lowest BCUT2D eigenvalue weighted by molar-refractivity contribution is 0.0521. The van der Waals surface area contributed by atoms with Gasteiger partial charge in [-0.05, 0) is 26.8 Å². The van der Waals surface area contributed by atoms with Crippen molar-refractivity contribution in [3.05, 3.63) is 47.2 Å². The average Bonchev–Trinajstić information content (AvgIpc) is 2.74. The highest BCUT2D eigenvalue weighted by Gasteiger charge is 2.24. The molecule has 1 atom stereocenters. The first kappa shape index (κ1) is 15.0. The molecule has 0 amide bonds. The highest BCUT2D eigenvalue weighted by atomic mass is 19.1. The SMILES string of the molecule is CCOC(=O)c1nc(C)n(C(C)c2ccccc2F)c1N. The predicted octanol–water partition coefficient (Wildman–Crippen LogP) is 2.70. The molecule has 112 valence electrons. The fourth-order valence-electron chi connectivity index (χ4n) is 2.35. The number of benzene rings is 1. The van der Waals surface area contributed by atoms with Gasteiger partial charge in [0.2, 0.25) is 0 Å². The number of halogens is 1. The number of hydrogen-bond donors (Lipinski definition) is 1. The lowest BCUT2D eigenvalue weighted by Gasteiger charge is -2.18. The summed E-state index contributed by atoms with van der Waals surface area (Å²) in [6, 6.07) is 6.08. The zero-order chi connectivity index (χ0) is 15.6. The molecule has 1 aromatic heterocycles. The van der Waals surface area contributed by atoms with Crippen molar-refractivity contribution in [2.24, 2.45) is 0 Å². The van der Waals surface area contributed by atoms with Gasteiger partial charge in [-0.2, -0.15) is 0 Å². The van der Waals surface area contributed by atoms with Crippen molar-refractivity contribution in [3.8, 4) is 0 Å². The van der Waals surface area contributed by atoms with Crippen LogP contribution in [0, 0.1) is 12.7 Å². The summed E-state index contributed by atoms with van der Waals surface area (Å²) in [6.07, 6.45) is 0. The van der Waals surface area contributed by atoms with Crippen molar-refractivity contribution in [1.29, 1.82) is 0 Å². The Morgan fingerprint density at radius 1 is 1.48 bits per heavy atom. The number of nitrogens with zero attached hydrogens (tertiary/aromatic N) is 2. The zero-order valence-corrected chi connectivity index (χ0v) is 12.3. The van der Waals surface area contributed by atoms with Crippen LogP contribution in [0.4, 0.5) is 10.2 Å². The summed E-state index contributed by atoms with van der Waals surface area (Å²) in [7, 11) is 0. The first-order valence-corrected chi connectivity index (χ1v) is 6.73. The second-order valence-corrected chi connectivity index (χ2v) is 4.68. The molecule has 1 heterocycles. The molecule has 0 saturated carbocycles. The number of hydrogen-bond acceptors (Lipinski definition) is 4. The first-order valence-electron chi connectivity index (χ1n) is 6.73. The molecule has 5 nitrogen and oxygen atoms in total. The van der Waals surface area contributed by atoms with Crippen molar-refractivity contribution >= 4 is 11.8 Å². The maximum Gasteiger partial charge on any atom is 0.360 e. The normalized spacial score (nSPS) is 12.2. The first-order chi connectivity index (χ1) is 9.97. The third-order valence-corrected chi connectivity index (χ3v) is 3.34. The fraction of sp³-hybridized carbons (Fsp3) is 0.333. The molecule has 0 bridgehead atoms. The summed E-state index contributed by atoms with van der Waals surface area (Å²) < 4.78 is 20.5. The van der Waals surface area contributed by atoms with Crippen LogP contribution in [-0.4, -0.2) is 22.1 Å². The zero-order valence-electron chi connectivity index (χ0n) is 12.3. The predicted molar refractivity (Wildman–Crippen MR) is 77.5 cm³/mol. The molecule has 0 aliphatic heterocycles. The number of carbonyl (C=O) groups is 1. The number of anilines is 1. The Morgan fingerprint density at radius 3 is 2.76 bits per heavy atom. The quantitative estimate of drug-likeness (QED) is 0.879. The summed E-state index contributed by atoms with van der Waals surface area (Å²) >= 11 is 0. The van der Waals surface area contributed by atoms with Gasteiger partial charge in [0, 0.05) is 5.56 Å². The van der Waals surface area contributed by atoms with E-state index in [0.29, 0.717) is 11.4 Å². The van der Waals surface area contributed by atoms with Crippen molar-refractivity contribution in [3.63, 3.8) is 0 Å². The second kappa shape index (κ2) is 5.95. The van der Waals surface area contributed by atoms with Crippen LogP contribution in [0.25, 0.3) is 0 Å². The van der Waals surface area contributed by atoms with Gasteiger partial charge in [-0.15, -0.1) is 0 Å². The van der Waals surface area contributed by atoms with Crippen LogP contribution in [0.3, 0.4) is 0 Å². The molecular formula is C15H18FN3O2. The largest absolute Gasteiger partial charge is 0.461 e. The molecule has 2 aromatic rings. The lowest BCUT2D eigenvalue weighted by atomic mass is 10.1. The lowest BCUT2D eigenvalue weighted by Crippen LogP contribution is -2.14. The number of nitrogens with two attached hydrogens (primary N) is 1. The van der Waals surface area contributed by atoms with Crippen LogP contribution in [0.15, 0.2) is 24.3 Å². The minimum Gasteiger partial charge on any atom is -0.461 e. The Labute approximate surface area is 122 Å².